The van der Waals surface area contributed by atoms with Crippen LogP contribution in [0.5, 0.6) is 0 Å². The van der Waals surface area contributed by atoms with E-state index in [9.17, 15) is 4.79 Å². The second-order valence-corrected chi connectivity index (χ2v) is 5.44. The molecule has 0 aliphatic carbocycles. The van der Waals surface area contributed by atoms with Gasteiger partial charge in [-0.3, -0.25) is 4.79 Å². The van der Waals surface area contributed by atoms with E-state index in [1.54, 1.807) is 0 Å². The van der Waals surface area contributed by atoms with E-state index in [1.165, 1.54) is 6.42 Å². The Morgan fingerprint density at radius 1 is 1.41 bits per heavy atom. The number of nitrogens with one attached hydrogen (secondary N) is 1. The van der Waals surface area contributed by atoms with Crippen LogP contribution in [0.1, 0.15) is 46.5 Å². The fourth-order valence-electron chi connectivity index (χ4n) is 2.74. The maximum Gasteiger partial charge on any atom is 0.237 e. The van der Waals surface area contributed by atoms with Crippen LogP contribution in [0.4, 0.5) is 0 Å². The minimum Gasteiger partial charge on any atom is -0.368 e. The molecular weight excluding hydrogens is 214 g/mol. The van der Waals surface area contributed by atoms with Crippen LogP contribution in [0.2, 0.25) is 0 Å². The van der Waals surface area contributed by atoms with Crippen molar-refractivity contribution in [1.82, 2.24) is 10.2 Å². The summed E-state index contributed by atoms with van der Waals surface area (Å²) in [7, 11) is 0. The SMILES string of the molecule is CCCN1CCCC(NC(C)C)(C(N)=O)CC1. The lowest BCUT2D eigenvalue weighted by molar-refractivity contribution is -0.125. The molecule has 0 radical (unpaired) electrons. The van der Waals surface area contributed by atoms with Crippen LogP contribution in [0.15, 0.2) is 0 Å². The highest BCUT2D eigenvalue weighted by atomic mass is 16.1. The lowest BCUT2D eigenvalue weighted by atomic mass is 9.89. The molecule has 1 atom stereocenters. The molecule has 1 fully saturated rings. The third-order valence-corrected chi connectivity index (χ3v) is 3.51. The van der Waals surface area contributed by atoms with Crippen molar-refractivity contribution >= 4 is 5.91 Å². The van der Waals surface area contributed by atoms with Gasteiger partial charge in [0.2, 0.25) is 5.91 Å². The summed E-state index contributed by atoms with van der Waals surface area (Å²) in [5.74, 6) is -0.190. The minimum absolute atomic E-state index is 0.190. The highest BCUT2D eigenvalue weighted by Crippen LogP contribution is 2.23. The highest BCUT2D eigenvalue weighted by Gasteiger charge is 2.38. The Kier molecular flexibility index (Phi) is 5.40. The van der Waals surface area contributed by atoms with Crippen molar-refractivity contribution in [2.75, 3.05) is 19.6 Å². The zero-order chi connectivity index (χ0) is 12.9. The lowest BCUT2D eigenvalue weighted by Gasteiger charge is -2.32. The number of amides is 1. The molecule has 100 valence electrons. The van der Waals surface area contributed by atoms with E-state index < -0.39 is 5.54 Å². The van der Waals surface area contributed by atoms with Crippen molar-refractivity contribution in [3.63, 3.8) is 0 Å². The molecule has 1 heterocycles. The van der Waals surface area contributed by atoms with Gasteiger partial charge in [0.1, 0.15) is 0 Å². The second-order valence-electron chi connectivity index (χ2n) is 5.44. The third kappa shape index (κ3) is 3.96. The maximum absolute atomic E-state index is 11.8. The summed E-state index contributed by atoms with van der Waals surface area (Å²) >= 11 is 0. The van der Waals surface area contributed by atoms with Gasteiger partial charge in [0.05, 0.1) is 5.54 Å². The van der Waals surface area contributed by atoms with Gasteiger partial charge >= 0.3 is 0 Å². The molecule has 1 amide bonds. The first-order valence-electron chi connectivity index (χ1n) is 6.80. The van der Waals surface area contributed by atoms with Gasteiger partial charge in [-0.15, -0.1) is 0 Å². The summed E-state index contributed by atoms with van der Waals surface area (Å²) < 4.78 is 0. The number of likely N-dealkylation sites (tertiary alicyclic amines) is 1. The number of nitrogens with two attached hydrogens (primary N) is 1. The van der Waals surface area contributed by atoms with Gasteiger partial charge in [0.25, 0.3) is 0 Å². The number of hydrogen-bond acceptors (Lipinski definition) is 3. The Morgan fingerprint density at radius 3 is 2.65 bits per heavy atom. The van der Waals surface area contributed by atoms with Gasteiger partial charge in [0.15, 0.2) is 0 Å². The summed E-state index contributed by atoms with van der Waals surface area (Å²) in [6.45, 7) is 9.51. The van der Waals surface area contributed by atoms with Crippen molar-refractivity contribution in [3.8, 4) is 0 Å². The first-order valence-corrected chi connectivity index (χ1v) is 6.80. The number of carbonyl (C=O) groups excluding carboxylic acids is 1. The Hall–Kier alpha value is -0.610. The molecule has 1 saturated heterocycles. The van der Waals surface area contributed by atoms with Crippen LogP contribution < -0.4 is 11.1 Å². The largest absolute Gasteiger partial charge is 0.368 e. The summed E-state index contributed by atoms with van der Waals surface area (Å²) in [4.78, 5) is 14.2. The molecule has 0 spiro atoms. The highest BCUT2D eigenvalue weighted by molar-refractivity contribution is 5.84. The van der Waals surface area contributed by atoms with Gasteiger partial charge in [-0.05, 0) is 52.6 Å². The molecular formula is C13H27N3O. The van der Waals surface area contributed by atoms with E-state index in [1.807, 2.05) is 0 Å². The van der Waals surface area contributed by atoms with E-state index in [2.05, 4.69) is 31.0 Å². The number of primary amides is 1. The number of nitrogens with zero attached hydrogens (tertiary/aromatic N) is 1. The fourth-order valence-corrected chi connectivity index (χ4v) is 2.74. The standard InChI is InChI=1S/C13H27N3O/c1-4-8-16-9-5-6-13(7-10-16,12(14)17)15-11(2)3/h11,15H,4-10H2,1-3H3,(H2,14,17). The van der Waals surface area contributed by atoms with E-state index >= 15 is 0 Å². The Balaban J connectivity index is 2.69. The number of carbonyl (C=O) groups is 1. The molecule has 1 unspecified atom stereocenters. The molecule has 3 N–H and O–H groups in total. The molecule has 1 aliphatic heterocycles. The van der Waals surface area contributed by atoms with Gasteiger partial charge in [-0.1, -0.05) is 6.92 Å². The second kappa shape index (κ2) is 6.36. The van der Waals surface area contributed by atoms with Crippen molar-refractivity contribution in [2.45, 2.75) is 58.0 Å². The fraction of sp³-hybridized carbons (Fsp3) is 0.923. The summed E-state index contributed by atoms with van der Waals surface area (Å²) in [5, 5.41) is 3.40. The van der Waals surface area contributed by atoms with E-state index in [-0.39, 0.29) is 5.91 Å². The smallest absolute Gasteiger partial charge is 0.237 e. The minimum atomic E-state index is -0.489. The molecule has 4 heteroatoms. The molecule has 17 heavy (non-hydrogen) atoms. The monoisotopic (exact) mass is 241 g/mol. The topological polar surface area (TPSA) is 58.4 Å². The Morgan fingerprint density at radius 2 is 2.12 bits per heavy atom. The van der Waals surface area contributed by atoms with Crippen molar-refractivity contribution in [1.29, 1.82) is 0 Å². The Labute approximate surface area is 105 Å². The lowest BCUT2D eigenvalue weighted by Crippen LogP contribution is -2.58. The van der Waals surface area contributed by atoms with Crippen LogP contribution in [0.3, 0.4) is 0 Å². The average Bonchev–Trinajstić information content (AvgIpc) is 2.42. The van der Waals surface area contributed by atoms with Crippen LogP contribution in [-0.4, -0.2) is 42.0 Å². The molecule has 1 aliphatic rings. The van der Waals surface area contributed by atoms with Gasteiger partial charge in [0, 0.05) is 12.6 Å². The summed E-state index contributed by atoms with van der Waals surface area (Å²) in [5.41, 5.74) is 5.13. The Bertz CT molecular complexity index is 255. The zero-order valence-electron chi connectivity index (χ0n) is 11.5. The van der Waals surface area contributed by atoms with Gasteiger partial charge < -0.3 is 16.0 Å². The van der Waals surface area contributed by atoms with Crippen LogP contribution in [-0.2, 0) is 4.79 Å². The molecule has 0 saturated carbocycles. The summed E-state index contributed by atoms with van der Waals surface area (Å²) in [6.07, 6.45) is 3.91. The van der Waals surface area contributed by atoms with Crippen LogP contribution in [0.25, 0.3) is 0 Å². The van der Waals surface area contributed by atoms with Gasteiger partial charge in [-0.25, -0.2) is 0 Å². The first-order chi connectivity index (χ1) is 8.00. The van der Waals surface area contributed by atoms with Crippen LogP contribution in [0, 0.1) is 0 Å². The molecule has 0 aromatic heterocycles. The molecule has 0 bridgehead atoms. The van der Waals surface area contributed by atoms with E-state index in [0.717, 1.165) is 38.9 Å². The number of hydrogen-bond donors (Lipinski definition) is 2. The quantitative estimate of drug-likeness (QED) is 0.758. The average molecular weight is 241 g/mol. The number of rotatable bonds is 5. The maximum atomic E-state index is 11.8. The third-order valence-electron chi connectivity index (χ3n) is 3.51. The molecule has 1 rings (SSSR count). The van der Waals surface area contributed by atoms with Crippen LogP contribution >= 0.6 is 0 Å². The summed E-state index contributed by atoms with van der Waals surface area (Å²) in [6, 6.07) is 0.292. The van der Waals surface area contributed by atoms with E-state index in [0.29, 0.717) is 6.04 Å². The van der Waals surface area contributed by atoms with Gasteiger partial charge in [-0.2, -0.15) is 0 Å². The predicted molar refractivity (Wildman–Crippen MR) is 70.8 cm³/mol. The van der Waals surface area contributed by atoms with Crippen molar-refractivity contribution < 1.29 is 4.79 Å². The normalized spacial score (nSPS) is 27.1. The van der Waals surface area contributed by atoms with Crippen molar-refractivity contribution in [3.05, 3.63) is 0 Å². The molecule has 0 aromatic rings. The van der Waals surface area contributed by atoms with E-state index in [4.69, 9.17) is 5.73 Å². The van der Waals surface area contributed by atoms with Crippen molar-refractivity contribution in [2.24, 2.45) is 5.73 Å². The zero-order valence-corrected chi connectivity index (χ0v) is 11.5. The molecule has 4 nitrogen and oxygen atoms in total. The first kappa shape index (κ1) is 14.5. The molecule has 0 aromatic carbocycles. The predicted octanol–water partition coefficient (Wildman–Crippen LogP) is 1.10.